The van der Waals surface area contributed by atoms with E-state index in [0.717, 1.165) is 24.2 Å². The van der Waals surface area contributed by atoms with E-state index in [4.69, 9.17) is 4.74 Å². The van der Waals surface area contributed by atoms with Gasteiger partial charge in [-0.1, -0.05) is 18.2 Å². The van der Waals surface area contributed by atoms with Crippen LogP contribution in [0, 0.1) is 5.92 Å². The van der Waals surface area contributed by atoms with Crippen molar-refractivity contribution in [2.24, 2.45) is 5.92 Å². The van der Waals surface area contributed by atoms with Crippen molar-refractivity contribution >= 4 is 17.4 Å². The van der Waals surface area contributed by atoms with Crippen molar-refractivity contribution in [1.29, 1.82) is 0 Å². The molecule has 5 aliphatic rings. The monoisotopic (exact) mass is 502 g/mol. The summed E-state index contributed by atoms with van der Waals surface area (Å²) in [6.45, 7) is 3.12. The van der Waals surface area contributed by atoms with Crippen LogP contribution in [0.4, 0.5) is 5.69 Å². The van der Waals surface area contributed by atoms with E-state index in [9.17, 15) is 24.9 Å². The van der Waals surface area contributed by atoms with Crippen molar-refractivity contribution in [3.8, 4) is 11.5 Å². The number of phenols is 1. The summed E-state index contributed by atoms with van der Waals surface area (Å²) in [5, 5.41) is 37.6. The van der Waals surface area contributed by atoms with Crippen molar-refractivity contribution in [2.75, 3.05) is 18.4 Å². The van der Waals surface area contributed by atoms with Gasteiger partial charge in [-0.3, -0.25) is 14.5 Å². The number of nitrogens with one attached hydrogen (secondary N) is 1. The zero-order chi connectivity index (χ0) is 25.7. The van der Waals surface area contributed by atoms with Crippen LogP contribution in [0.2, 0.25) is 0 Å². The number of likely N-dealkylation sites (tertiary alicyclic amines) is 1. The number of aliphatic hydroxyl groups excluding tert-OH is 1. The standard InChI is InChI=1S/C29H30N2O6/c1-15(32)17-3-2-4-19(11-17)30-27(35)20-13-29(36)22-12-18-7-8-21(33)25-23(18)28(29,26(37-25)24(20)34)9-10-31(22)14-16-5-6-16/h2-4,7-8,11,16,22,26,33-34,36H,5-6,9-10,12-14H2,1H3,(H,30,35)/t22-,26+,28+,29-/m1/s1. The first kappa shape index (κ1) is 22.8. The van der Waals surface area contributed by atoms with Crippen LogP contribution in [0.1, 0.15) is 54.1 Å². The fourth-order valence-corrected chi connectivity index (χ4v) is 7.39. The molecule has 8 nitrogen and oxygen atoms in total. The van der Waals surface area contributed by atoms with E-state index in [-0.39, 0.29) is 35.3 Å². The van der Waals surface area contributed by atoms with Crippen LogP contribution in [0.3, 0.4) is 0 Å². The number of anilines is 1. The molecule has 4 N–H and O–H groups in total. The minimum atomic E-state index is -1.36. The summed E-state index contributed by atoms with van der Waals surface area (Å²) >= 11 is 0. The first-order valence-corrected chi connectivity index (χ1v) is 13.1. The molecule has 2 fully saturated rings. The maximum atomic E-state index is 13.5. The molecule has 2 aliphatic heterocycles. The highest BCUT2D eigenvalue weighted by molar-refractivity contribution is 6.05. The second-order valence-corrected chi connectivity index (χ2v) is 11.4. The Balaban J connectivity index is 1.33. The first-order valence-electron chi connectivity index (χ1n) is 13.1. The van der Waals surface area contributed by atoms with E-state index in [1.165, 1.54) is 19.8 Å². The molecule has 0 unspecified atom stereocenters. The molecule has 3 aliphatic carbocycles. The smallest absolute Gasteiger partial charge is 0.255 e. The number of carbonyl (C=O) groups is 2. The molecule has 2 heterocycles. The topological polar surface area (TPSA) is 119 Å². The van der Waals surface area contributed by atoms with E-state index in [2.05, 4.69) is 10.2 Å². The van der Waals surface area contributed by atoms with Gasteiger partial charge in [-0.2, -0.15) is 0 Å². The van der Waals surface area contributed by atoms with E-state index in [0.29, 0.717) is 35.8 Å². The zero-order valence-electron chi connectivity index (χ0n) is 20.7. The summed E-state index contributed by atoms with van der Waals surface area (Å²) in [5.41, 5.74) is 0.464. The number of benzene rings is 2. The number of nitrogens with zero attached hydrogens (tertiary/aromatic N) is 1. The zero-order valence-corrected chi connectivity index (χ0v) is 20.7. The number of rotatable bonds is 5. The van der Waals surface area contributed by atoms with Crippen LogP contribution >= 0.6 is 0 Å². The Kier molecular flexibility index (Phi) is 4.67. The lowest BCUT2D eigenvalue weighted by Gasteiger charge is -2.62. The van der Waals surface area contributed by atoms with Gasteiger partial charge in [0.15, 0.2) is 23.4 Å². The Morgan fingerprint density at radius 3 is 2.76 bits per heavy atom. The van der Waals surface area contributed by atoms with Gasteiger partial charge in [-0.25, -0.2) is 0 Å². The number of piperidine rings is 1. The van der Waals surface area contributed by atoms with Gasteiger partial charge in [-0.05, 0) is 68.8 Å². The Bertz CT molecular complexity index is 1400. The lowest BCUT2D eigenvalue weighted by molar-refractivity contribution is -0.172. The lowest BCUT2D eigenvalue weighted by Crippen LogP contribution is -2.75. The minimum Gasteiger partial charge on any atom is -0.508 e. The van der Waals surface area contributed by atoms with Crippen molar-refractivity contribution in [3.63, 3.8) is 0 Å². The normalized spacial score (nSPS) is 31.5. The highest BCUT2D eigenvalue weighted by atomic mass is 16.5. The Hall–Kier alpha value is -3.36. The summed E-state index contributed by atoms with van der Waals surface area (Å²) in [6.07, 6.45) is 2.53. The SMILES string of the molecule is CC(=O)c1cccc(NC(=O)C2=C(O)[C@@H]3Oc4c(O)ccc5c4[C@@]34CCN(CC3CC3)[C@H](C5)[C@]4(O)C2)c1. The van der Waals surface area contributed by atoms with Gasteiger partial charge in [0.2, 0.25) is 0 Å². The summed E-state index contributed by atoms with van der Waals surface area (Å²) in [7, 11) is 0. The number of ketones is 1. The predicted molar refractivity (Wildman–Crippen MR) is 135 cm³/mol. The third-order valence-corrected chi connectivity index (χ3v) is 9.32. The van der Waals surface area contributed by atoms with Crippen molar-refractivity contribution in [3.05, 3.63) is 64.4 Å². The van der Waals surface area contributed by atoms with Gasteiger partial charge >= 0.3 is 0 Å². The number of hydrogen-bond donors (Lipinski definition) is 4. The average Bonchev–Trinajstić information content (AvgIpc) is 3.61. The van der Waals surface area contributed by atoms with Gasteiger partial charge in [0, 0.05) is 35.8 Å². The molecule has 0 aromatic heterocycles. The van der Waals surface area contributed by atoms with Gasteiger partial charge in [0.1, 0.15) is 5.76 Å². The van der Waals surface area contributed by atoms with Crippen molar-refractivity contribution in [1.82, 2.24) is 4.90 Å². The van der Waals surface area contributed by atoms with Gasteiger partial charge in [0.25, 0.3) is 5.91 Å². The number of phenolic OH excluding ortho intramolecular Hbond substituents is 1. The Morgan fingerprint density at radius 2 is 2.00 bits per heavy atom. The number of aromatic hydroxyl groups is 1. The summed E-state index contributed by atoms with van der Waals surface area (Å²) in [6, 6.07) is 9.91. The lowest BCUT2D eigenvalue weighted by atomic mass is 9.49. The van der Waals surface area contributed by atoms with Crippen LogP contribution in [-0.2, 0) is 16.6 Å². The predicted octanol–water partition coefficient (Wildman–Crippen LogP) is 3.22. The van der Waals surface area contributed by atoms with Crippen LogP contribution in [-0.4, -0.2) is 62.7 Å². The fraction of sp³-hybridized carbons (Fsp3) is 0.448. The van der Waals surface area contributed by atoms with Crippen LogP contribution in [0.25, 0.3) is 0 Å². The molecule has 2 aromatic rings. The molecule has 7 rings (SSSR count). The molecule has 192 valence electrons. The molecule has 1 saturated heterocycles. The molecule has 37 heavy (non-hydrogen) atoms. The number of aliphatic hydroxyl groups is 2. The minimum absolute atomic E-state index is 0.0245. The van der Waals surface area contributed by atoms with Crippen molar-refractivity contribution in [2.45, 2.75) is 62.2 Å². The largest absolute Gasteiger partial charge is 0.508 e. The molecule has 2 bridgehead atoms. The van der Waals surface area contributed by atoms with Gasteiger partial charge in [0.05, 0.1) is 16.6 Å². The summed E-state index contributed by atoms with van der Waals surface area (Å²) < 4.78 is 6.24. The van der Waals surface area contributed by atoms with E-state index in [1.807, 2.05) is 6.07 Å². The van der Waals surface area contributed by atoms with Crippen LogP contribution < -0.4 is 10.1 Å². The molecule has 0 radical (unpaired) electrons. The molecule has 2 aromatic carbocycles. The summed E-state index contributed by atoms with van der Waals surface area (Å²) in [4.78, 5) is 27.7. The average molecular weight is 503 g/mol. The Morgan fingerprint density at radius 1 is 1.19 bits per heavy atom. The molecule has 1 saturated carbocycles. The quantitative estimate of drug-likeness (QED) is 0.464. The molecular weight excluding hydrogens is 472 g/mol. The molecule has 1 amide bonds. The van der Waals surface area contributed by atoms with E-state index in [1.54, 1.807) is 30.3 Å². The Labute approximate surface area is 214 Å². The number of Topliss-reactive ketones (excluding diaryl/α,β-unsaturated/α-hetero) is 1. The first-order chi connectivity index (χ1) is 17.7. The maximum Gasteiger partial charge on any atom is 0.255 e. The summed E-state index contributed by atoms with van der Waals surface area (Å²) in [5.74, 6) is 0.0473. The van der Waals surface area contributed by atoms with Crippen LogP contribution in [0.15, 0.2) is 47.7 Å². The van der Waals surface area contributed by atoms with Crippen LogP contribution in [0.5, 0.6) is 11.5 Å². The molecule has 1 spiro atoms. The second kappa shape index (κ2) is 7.58. The number of carbonyl (C=O) groups excluding carboxylic acids is 2. The van der Waals surface area contributed by atoms with Crippen molar-refractivity contribution < 1.29 is 29.6 Å². The van der Waals surface area contributed by atoms with Gasteiger partial charge in [-0.15, -0.1) is 0 Å². The molecule has 4 atom stereocenters. The third kappa shape index (κ3) is 3.03. The number of ether oxygens (including phenoxy) is 1. The highest BCUT2D eigenvalue weighted by Gasteiger charge is 2.73. The van der Waals surface area contributed by atoms with E-state index < -0.39 is 23.0 Å². The van der Waals surface area contributed by atoms with E-state index >= 15 is 0 Å². The number of amides is 1. The maximum absolute atomic E-state index is 13.5. The van der Waals surface area contributed by atoms with Gasteiger partial charge < -0.3 is 25.4 Å². The second-order valence-electron chi connectivity index (χ2n) is 11.4. The third-order valence-electron chi connectivity index (χ3n) is 9.32. The highest BCUT2D eigenvalue weighted by Crippen LogP contribution is 2.66. The molecular formula is C29H30N2O6. The number of hydrogen-bond acceptors (Lipinski definition) is 7. The molecule has 8 heteroatoms. The fourth-order valence-electron chi connectivity index (χ4n) is 7.39.